The Labute approximate surface area is 212 Å². The van der Waals surface area contributed by atoms with Crippen molar-refractivity contribution < 1.29 is 29.7 Å². The van der Waals surface area contributed by atoms with Crippen LogP contribution in [0.15, 0.2) is 36.4 Å². The van der Waals surface area contributed by atoms with Gasteiger partial charge in [0.05, 0.1) is 12.1 Å². The molecule has 36 heavy (non-hydrogen) atoms. The summed E-state index contributed by atoms with van der Waals surface area (Å²) in [5.41, 5.74) is 1.41. The molecule has 10 nitrogen and oxygen atoms in total. The van der Waals surface area contributed by atoms with Crippen LogP contribution in [0.2, 0.25) is 0 Å². The number of thioether (sulfide) groups is 1. The molecule has 2 aliphatic rings. The molecule has 0 aromatic heterocycles. The lowest BCUT2D eigenvalue weighted by Crippen LogP contribution is -2.36. The van der Waals surface area contributed by atoms with E-state index in [1.165, 1.54) is 12.1 Å². The first-order chi connectivity index (χ1) is 17.3. The van der Waals surface area contributed by atoms with E-state index >= 15 is 0 Å². The van der Waals surface area contributed by atoms with Gasteiger partial charge in [-0.2, -0.15) is 11.8 Å². The number of aromatic hydroxyl groups is 3. The quantitative estimate of drug-likeness (QED) is 0.145. The fourth-order valence-electron chi connectivity index (χ4n) is 4.45. The van der Waals surface area contributed by atoms with Crippen molar-refractivity contribution in [1.29, 1.82) is 0 Å². The van der Waals surface area contributed by atoms with Crippen molar-refractivity contribution in [3.63, 3.8) is 0 Å². The monoisotopic (exact) mass is 514 g/mol. The molecule has 2 saturated heterocycles. The average Bonchev–Trinajstić information content (AvgIpc) is 3.41. The third kappa shape index (κ3) is 6.14. The lowest BCUT2D eigenvalue weighted by Gasteiger charge is -2.16. The van der Waals surface area contributed by atoms with Gasteiger partial charge in [0.2, 0.25) is 5.91 Å². The zero-order chi connectivity index (χ0) is 25.7. The number of hydrogen-bond donors (Lipinski definition) is 7. The standard InChI is InChI=1S/C25H30N4O6S/c30-18-11-16(12-19(31)23(18)33)14-4-3-5-15(10-14)24(34)27-9-8-26-21(32)7-2-1-6-20-22-17(13-36-20)28-25(35)29-22/h3-5,10-12,17,20,22,30-31,33H,1-2,6-9,13H2,(H,26,32)(H,27,34)(H2,28,29,35)/t17-,20-,22-/m0/s1. The van der Waals surface area contributed by atoms with E-state index in [-0.39, 0.29) is 36.5 Å². The number of phenolic OH excluding ortho intramolecular Hbond substituents is 3. The summed E-state index contributed by atoms with van der Waals surface area (Å²) in [5.74, 6) is -0.973. The van der Waals surface area contributed by atoms with Crippen LogP contribution in [-0.4, -0.2) is 69.3 Å². The predicted octanol–water partition coefficient (Wildman–Crippen LogP) is 2.04. The average molecular weight is 515 g/mol. The molecule has 7 N–H and O–H groups in total. The smallest absolute Gasteiger partial charge is 0.315 e. The van der Waals surface area contributed by atoms with Gasteiger partial charge in [-0.3, -0.25) is 9.59 Å². The largest absolute Gasteiger partial charge is 0.504 e. The van der Waals surface area contributed by atoms with Crippen LogP contribution in [0.3, 0.4) is 0 Å². The van der Waals surface area contributed by atoms with Crippen LogP contribution >= 0.6 is 11.8 Å². The van der Waals surface area contributed by atoms with Crippen molar-refractivity contribution in [3.8, 4) is 28.4 Å². The second kappa shape index (κ2) is 11.4. The first kappa shape index (κ1) is 25.5. The minimum Gasteiger partial charge on any atom is -0.504 e. The summed E-state index contributed by atoms with van der Waals surface area (Å²) >= 11 is 1.86. The van der Waals surface area contributed by atoms with E-state index in [4.69, 9.17) is 0 Å². The number of amides is 4. The van der Waals surface area contributed by atoms with Gasteiger partial charge < -0.3 is 36.6 Å². The molecule has 2 aromatic rings. The molecule has 0 saturated carbocycles. The maximum Gasteiger partial charge on any atom is 0.315 e. The van der Waals surface area contributed by atoms with Gasteiger partial charge in [0.1, 0.15) is 0 Å². The van der Waals surface area contributed by atoms with Gasteiger partial charge in [0, 0.05) is 36.1 Å². The van der Waals surface area contributed by atoms with Crippen molar-refractivity contribution in [2.75, 3.05) is 18.8 Å². The van der Waals surface area contributed by atoms with Gasteiger partial charge >= 0.3 is 6.03 Å². The number of unbranched alkanes of at least 4 members (excludes halogenated alkanes) is 1. The second-order valence-electron chi connectivity index (χ2n) is 8.92. The Morgan fingerprint density at radius 2 is 1.72 bits per heavy atom. The molecule has 4 rings (SSSR count). The van der Waals surface area contributed by atoms with Crippen molar-refractivity contribution in [1.82, 2.24) is 21.3 Å². The van der Waals surface area contributed by atoms with E-state index in [9.17, 15) is 29.7 Å². The number of phenols is 3. The summed E-state index contributed by atoms with van der Waals surface area (Å²) in [7, 11) is 0. The highest BCUT2D eigenvalue weighted by molar-refractivity contribution is 8.00. The molecule has 0 aliphatic carbocycles. The third-order valence-electron chi connectivity index (χ3n) is 6.34. The molecular formula is C25H30N4O6S. The van der Waals surface area contributed by atoms with Crippen LogP contribution in [0.1, 0.15) is 36.0 Å². The zero-order valence-electron chi connectivity index (χ0n) is 19.6. The highest BCUT2D eigenvalue weighted by Gasteiger charge is 2.42. The molecule has 0 bridgehead atoms. The minimum absolute atomic E-state index is 0.0639. The van der Waals surface area contributed by atoms with Crippen molar-refractivity contribution in [2.24, 2.45) is 0 Å². The number of urea groups is 1. The highest BCUT2D eigenvalue weighted by atomic mass is 32.2. The first-order valence-corrected chi connectivity index (χ1v) is 13.0. The molecule has 0 spiro atoms. The van der Waals surface area contributed by atoms with Gasteiger partial charge in [-0.1, -0.05) is 18.6 Å². The van der Waals surface area contributed by atoms with E-state index in [0.717, 1.165) is 25.0 Å². The normalized spacial score (nSPS) is 20.3. The van der Waals surface area contributed by atoms with E-state index < -0.39 is 17.2 Å². The molecule has 3 atom stereocenters. The summed E-state index contributed by atoms with van der Waals surface area (Å²) in [6.07, 6.45) is 3.05. The van der Waals surface area contributed by atoms with Gasteiger partial charge in [0.15, 0.2) is 17.2 Å². The van der Waals surface area contributed by atoms with Crippen molar-refractivity contribution >= 4 is 29.6 Å². The predicted molar refractivity (Wildman–Crippen MR) is 136 cm³/mol. The molecule has 2 fully saturated rings. The second-order valence-corrected chi connectivity index (χ2v) is 10.2. The highest BCUT2D eigenvalue weighted by Crippen LogP contribution is 2.39. The molecular weight excluding hydrogens is 484 g/mol. The first-order valence-electron chi connectivity index (χ1n) is 11.9. The van der Waals surface area contributed by atoms with Crippen LogP contribution in [0, 0.1) is 0 Å². The molecule has 0 radical (unpaired) electrons. The number of carbonyl (C=O) groups excluding carboxylic acids is 3. The third-order valence-corrected chi connectivity index (χ3v) is 7.85. The number of hydrogen-bond acceptors (Lipinski definition) is 7. The molecule has 2 heterocycles. The number of nitrogens with one attached hydrogen (secondary N) is 4. The topological polar surface area (TPSA) is 160 Å². The summed E-state index contributed by atoms with van der Waals surface area (Å²) in [6.45, 7) is 0.577. The van der Waals surface area contributed by atoms with E-state index in [2.05, 4.69) is 21.3 Å². The lowest BCUT2D eigenvalue weighted by molar-refractivity contribution is -0.121. The molecule has 11 heteroatoms. The Kier molecular flexibility index (Phi) is 8.09. The number of benzene rings is 2. The molecule has 2 aliphatic heterocycles. The fraction of sp³-hybridized carbons (Fsp3) is 0.400. The lowest BCUT2D eigenvalue weighted by atomic mass is 10.0. The SMILES string of the molecule is O=C(CCCC[C@@H]1SC[C@@H]2NC(=O)N[C@@H]21)NCCNC(=O)c1cccc(-c2cc(O)c(O)c(O)c2)c1. The summed E-state index contributed by atoms with van der Waals surface area (Å²) in [6, 6.07) is 9.54. The maximum absolute atomic E-state index is 12.5. The van der Waals surface area contributed by atoms with Gasteiger partial charge in [-0.25, -0.2) is 4.79 Å². The fourth-order valence-corrected chi connectivity index (χ4v) is 6.00. The summed E-state index contributed by atoms with van der Waals surface area (Å²) in [5, 5.41) is 40.8. The van der Waals surface area contributed by atoms with Gasteiger partial charge in [-0.05, 0) is 48.2 Å². The Morgan fingerprint density at radius 3 is 2.50 bits per heavy atom. The molecule has 192 valence electrons. The van der Waals surface area contributed by atoms with Crippen molar-refractivity contribution in [3.05, 3.63) is 42.0 Å². The van der Waals surface area contributed by atoms with Crippen LogP contribution in [0.25, 0.3) is 11.1 Å². The Bertz CT molecular complexity index is 1120. The Balaban J connectivity index is 1.14. The van der Waals surface area contributed by atoms with E-state index in [1.807, 2.05) is 11.8 Å². The number of carbonyl (C=O) groups is 3. The van der Waals surface area contributed by atoms with Crippen LogP contribution < -0.4 is 21.3 Å². The summed E-state index contributed by atoms with van der Waals surface area (Å²) in [4.78, 5) is 36.0. The van der Waals surface area contributed by atoms with E-state index in [0.29, 0.717) is 34.9 Å². The summed E-state index contributed by atoms with van der Waals surface area (Å²) < 4.78 is 0. The van der Waals surface area contributed by atoms with Crippen LogP contribution in [-0.2, 0) is 4.79 Å². The Morgan fingerprint density at radius 1 is 0.972 bits per heavy atom. The number of fused-ring (bicyclic) bond motifs is 1. The van der Waals surface area contributed by atoms with Gasteiger partial charge in [0.25, 0.3) is 5.91 Å². The molecule has 0 unspecified atom stereocenters. The Hall–Kier alpha value is -3.60. The van der Waals surface area contributed by atoms with Crippen molar-refractivity contribution in [2.45, 2.75) is 43.0 Å². The molecule has 4 amide bonds. The maximum atomic E-state index is 12.5. The van der Waals surface area contributed by atoms with Gasteiger partial charge in [-0.15, -0.1) is 0 Å². The van der Waals surface area contributed by atoms with E-state index in [1.54, 1.807) is 24.3 Å². The molecule has 2 aromatic carbocycles. The number of rotatable bonds is 10. The van der Waals surface area contributed by atoms with Crippen LogP contribution in [0.4, 0.5) is 4.79 Å². The zero-order valence-corrected chi connectivity index (χ0v) is 20.4. The minimum atomic E-state index is -0.600. The van der Waals surface area contributed by atoms with Crippen LogP contribution in [0.5, 0.6) is 17.2 Å².